The van der Waals surface area contributed by atoms with Crippen molar-refractivity contribution in [3.8, 4) is 0 Å². The molecule has 3 rings (SSSR count). The van der Waals surface area contributed by atoms with Gasteiger partial charge in [0, 0.05) is 19.1 Å². The highest BCUT2D eigenvalue weighted by molar-refractivity contribution is 7.89. The number of hydrogen-bond acceptors (Lipinski definition) is 3. The Morgan fingerprint density at radius 1 is 1.10 bits per heavy atom. The fourth-order valence-corrected chi connectivity index (χ4v) is 4.77. The molecule has 0 aromatic heterocycles. The largest absolute Gasteiger partial charge is 0.299 e. The van der Waals surface area contributed by atoms with Gasteiger partial charge in [0.25, 0.3) is 0 Å². The first-order chi connectivity index (χ1) is 9.59. The van der Waals surface area contributed by atoms with E-state index in [-0.39, 0.29) is 4.90 Å². The van der Waals surface area contributed by atoms with Crippen molar-refractivity contribution in [3.63, 3.8) is 0 Å². The van der Waals surface area contributed by atoms with Crippen molar-refractivity contribution in [2.75, 3.05) is 26.2 Å². The quantitative estimate of drug-likeness (QED) is 0.834. The minimum Gasteiger partial charge on any atom is -0.299 e. The molecule has 0 amide bonds. The summed E-state index contributed by atoms with van der Waals surface area (Å²) in [6, 6.07) is 5.92. The molecular weight excluding hydrogens is 279 g/mol. The van der Waals surface area contributed by atoms with E-state index >= 15 is 0 Å². The molecule has 1 unspecified atom stereocenters. The van der Waals surface area contributed by atoms with Crippen LogP contribution in [0.2, 0.25) is 0 Å². The van der Waals surface area contributed by atoms with Gasteiger partial charge in [-0.1, -0.05) is 12.1 Å². The SMILES string of the molecule is O=S(=O)(c1ccccc1F)N1CCCN2CCCC2C1. The Morgan fingerprint density at radius 2 is 1.85 bits per heavy atom. The molecule has 6 heteroatoms. The van der Waals surface area contributed by atoms with E-state index in [4.69, 9.17) is 0 Å². The summed E-state index contributed by atoms with van der Waals surface area (Å²) >= 11 is 0. The van der Waals surface area contributed by atoms with Gasteiger partial charge in [-0.05, 0) is 44.5 Å². The Kier molecular flexibility index (Phi) is 3.79. The van der Waals surface area contributed by atoms with E-state index in [0.717, 1.165) is 32.4 Å². The normalized spacial score (nSPS) is 25.4. The highest BCUT2D eigenvalue weighted by Crippen LogP contribution is 2.26. The lowest BCUT2D eigenvalue weighted by molar-refractivity contribution is 0.257. The van der Waals surface area contributed by atoms with Crippen LogP contribution in [0.1, 0.15) is 19.3 Å². The second kappa shape index (κ2) is 5.42. The molecule has 1 aromatic carbocycles. The molecule has 20 heavy (non-hydrogen) atoms. The van der Waals surface area contributed by atoms with E-state index in [2.05, 4.69) is 4.90 Å². The van der Waals surface area contributed by atoms with Crippen LogP contribution in [0, 0.1) is 5.82 Å². The van der Waals surface area contributed by atoms with Gasteiger partial charge in [0.05, 0.1) is 0 Å². The van der Waals surface area contributed by atoms with Gasteiger partial charge in [0.15, 0.2) is 0 Å². The number of benzene rings is 1. The summed E-state index contributed by atoms with van der Waals surface area (Å²) in [5, 5.41) is 0. The number of rotatable bonds is 2. The van der Waals surface area contributed by atoms with Crippen LogP contribution in [-0.4, -0.2) is 49.8 Å². The summed E-state index contributed by atoms with van der Waals surface area (Å²) in [4.78, 5) is 2.16. The maximum absolute atomic E-state index is 13.8. The minimum atomic E-state index is -3.72. The summed E-state index contributed by atoms with van der Waals surface area (Å²) in [5.74, 6) is -0.667. The third kappa shape index (κ3) is 2.47. The zero-order valence-corrected chi connectivity index (χ0v) is 12.2. The van der Waals surface area contributed by atoms with Gasteiger partial charge in [-0.2, -0.15) is 4.31 Å². The van der Waals surface area contributed by atoms with Crippen LogP contribution in [0.15, 0.2) is 29.2 Å². The lowest BCUT2D eigenvalue weighted by Crippen LogP contribution is -2.39. The van der Waals surface area contributed by atoms with Crippen molar-refractivity contribution >= 4 is 10.0 Å². The van der Waals surface area contributed by atoms with Gasteiger partial charge < -0.3 is 0 Å². The van der Waals surface area contributed by atoms with Crippen LogP contribution in [0.4, 0.5) is 4.39 Å². The molecule has 0 N–H and O–H groups in total. The van der Waals surface area contributed by atoms with Gasteiger partial charge in [-0.3, -0.25) is 4.90 Å². The molecule has 0 radical (unpaired) electrons. The van der Waals surface area contributed by atoms with Crippen molar-refractivity contribution in [2.24, 2.45) is 0 Å². The number of sulfonamides is 1. The average molecular weight is 298 g/mol. The molecular formula is C14H19FN2O2S. The van der Waals surface area contributed by atoms with Gasteiger partial charge in [-0.25, -0.2) is 12.8 Å². The third-order valence-corrected chi connectivity index (χ3v) is 6.12. The van der Waals surface area contributed by atoms with Gasteiger partial charge in [-0.15, -0.1) is 0 Å². The lowest BCUT2D eigenvalue weighted by atomic mass is 10.2. The Morgan fingerprint density at radius 3 is 2.65 bits per heavy atom. The van der Waals surface area contributed by atoms with E-state index in [1.807, 2.05) is 0 Å². The third-order valence-electron chi connectivity index (χ3n) is 4.22. The zero-order chi connectivity index (χ0) is 14.2. The predicted molar refractivity (Wildman–Crippen MR) is 74.4 cm³/mol. The molecule has 2 fully saturated rings. The van der Waals surface area contributed by atoms with Gasteiger partial charge in [0.1, 0.15) is 10.7 Å². The second-order valence-corrected chi connectivity index (χ2v) is 7.39. The van der Waals surface area contributed by atoms with Crippen molar-refractivity contribution in [1.29, 1.82) is 0 Å². The monoisotopic (exact) mass is 298 g/mol. The standard InChI is InChI=1S/C14H19FN2O2S/c15-13-6-1-2-7-14(13)20(18,19)17-10-4-9-16-8-3-5-12(16)11-17/h1-2,6-7,12H,3-5,8-11H2. The Labute approximate surface area is 119 Å². The molecule has 2 aliphatic rings. The van der Waals surface area contributed by atoms with Crippen LogP contribution in [0.3, 0.4) is 0 Å². The number of hydrogen-bond donors (Lipinski definition) is 0. The molecule has 4 nitrogen and oxygen atoms in total. The summed E-state index contributed by atoms with van der Waals surface area (Å²) in [6.07, 6.45) is 2.96. The van der Waals surface area contributed by atoms with Crippen molar-refractivity contribution in [1.82, 2.24) is 9.21 Å². The first-order valence-electron chi connectivity index (χ1n) is 7.08. The lowest BCUT2D eigenvalue weighted by Gasteiger charge is -2.25. The van der Waals surface area contributed by atoms with Crippen molar-refractivity contribution in [3.05, 3.63) is 30.1 Å². The van der Waals surface area contributed by atoms with Crippen LogP contribution < -0.4 is 0 Å². The van der Waals surface area contributed by atoms with E-state index in [1.165, 1.54) is 22.5 Å². The maximum Gasteiger partial charge on any atom is 0.246 e. The topological polar surface area (TPSA) is 40.6 Å². The van der Waals surface area contributed by atoms with Gasteiger partial charge in [0.2, 0.25) is 10.0 Å². The Bertz CT molecular complexity index is 591. The number of fused-ring (bicyclic) bond motifs is 1. The van der Waals surface area contributed by atoms with Crippen molar-refractivity contribution in [2.45, 2.75) is 30.2 Å². The molecule has 0 aliphatic carbocycles. The van der Waals surface area contributed by atoms with Crippen LogP contribution >= 0.6 is 0 Å². The number of nitrogens with zero attached hydrogens (tertiary/aromatic N) is 2. The summed E-state index contributed by atoms with van der Waals surface area (Å²) in [5.41, 5.74) is 0. The van der Waals surface area contributed by atoms with Crippen molar-refractivity contribution < 1.29 is 12.8 Å². The summed E-state index contributed by atoms with van der Waals surface area (Å²) < 4.78 is 40.5. The van der Waals surface area contributed by atoms with E-state index in [0.29, 0.717) is 19.1 Å². The van der Waals surface area contributed by atoms with E-state index in [9.17, 15) is 12.8 Å². The molecule has 2 aliphatic heterocycles. The van der Waals surface area contributed by atoms with Crippen LogP contribution in [0.5, 0.6) is 0 Å². The smallest absolute Gasteiger partial charge is 0.246 e. The van der Waals surface area contributed by atoms with E-state index < -0.39 is 15.8 Å². The Balaban J connectivity index is 1.89. The number of halogens is 1. The average Bonchev–Trinajstić information content (AvgIpc) is 2.76. The Hall–Kier alpha value is -0.980. The second-order valence-electron chi connectivity index (χ2n) is 5.48. The molecule has 1 aromatic rings. The van der Waals surface area contributed by atoms with E-state index in [1.54, 1.807) is 6.07 Å². The fraction of sp³-hybridized carbons (Fsp3) is 0.571. The predicted octanol–water partition coefficient (Wildman–Crippen LogP) is 1.68. The molecule has 0 bridgehead atoms. The fourth-order valence-electron chi connectivity index (χ4n) is 3.18. The molecule has 1 atom stereocenters. The molecule has 0 spiro atoms. The van der Waals surface area contributed by atoms with Gasteiger partial charge >= 0.3 is 0 Å². The summed E-state index contributed by atoms with van der Waals surface area (Å²) in [6.45, 7) is 2.95. The highest BCUT2D eigenvalue weighted by Gasteiger charge is 2.35. The molecule has 110 valence electrons. The first kappa shape index (κ1) is 14.0. The summed E-state index contributed by atoms with van der Waals surface area (Å²) in [7, 11) is -3.72. The van der Waals surface area contributed by atoms with Crippen LogP contribution in [-0.2, 0) is 10.0 Å². The molecule has 2 saturated heterocycles. The van der Waals surface area contributed by atoms with Crippen LogP contribution in [0.25, 0.3) is 0 Å². The highest BCUT2D eigenvalue weighted by atomic mass is 32.2. The molecule has 2 heterocycles. The first-order valence-corrected chi connectivity index (χ1v) is 8.52. The molecule has 0 saturated carbocycles. The zero-order valence-electron chi connectivity index (χ0n) is 11.3. The maximum atomic E-state index is 13.8. The minimum absolute atomic E-state index is 0.202.